The van der Waals surface area contributed by atoms with Crippen molar-refractivity contribution in [3.63, 3.8) is 0 Å². The molecule has 4 rings (SSSR count). The van der Waals surface area contributed by atoms with Crippen molar-refractivity contribution in [2.24, 2.45) is 0 Å². The highest BCUT2D eigenvalue weighted by molar-refractivity contribution is 9.10. The maximum Gasteiger partial charge on any atom is 0.162 e. The minimum absolute atomic E-state index is 0.197. The fourth-order valence-corrected chi connectivity index (χ4v) is 5.18. The molecule has 0 atom stereocenters. The second-order valence-corrected chi connectivity index (χ2v) is 10.2. The molecule has 5 nitrogen and oxygen atoms in total. The lowest BCUT2D eigenvalue weighted by Crippen LogP contribution is -2.26. The second-order valence-electron chi connectivity index (χ2n) is 9.29. The molecule has 6 heteroatoms. The van der Waals surface area contributed by atoms with Crippen molar-refractivity contribution in [1.29, 1.82) is 0 Å². The van der Waals surface area contributed by atoms with E-state index in [4.69, 9.17) is 9.72 Å². The van der Waals surface area contributed by atoms with Crippen LogP contribution >= 0.6 is 15.9 Å². The molecule has 0 saturated heterocycles. The third-order valence-corrected chi connectivity index (χ3v) is 6.99. The van der Waals surface area contributed by atoms with Gasteiger partial charge in [-0.3, -0.25) is 4.90 Å². The first-order valence-electron chi connectivity index (χ1n) is 13.0. The van der Waals surface area contributed by atoms with Crippen LogP contribution in [0.3, 0.4) is 0 Å². The first-order chi connectivity index (χ1) is 18.0. The summed E-state index contributed by atoms with van der Waals surface area (Å²) in [4.78, 5) is 7.64. The summed E-state index contributed by atoms with van der Waals surface area (Å²) >= 11 is 3.58. The maximum absolute atomic E-state index is 10.9. The van der Waals surface area contributed by atoms with Crippen molar-refractivity contribution in [3.8, 4) is 34.1 Å². The molecule has 1 aromatic heterocycles. The lowest BCUT2D eigenvalue weighted by atomic mass is 10.1. The number of imidazole rings is 1. The molecule has 37 heavy (non-hydrogen) atoms. The van der Waals surface area contributed by atoms with E-state index in [-0.39, 0.29) is 5.75 Å². The van der Waals surface area contributed by atoms with E-state index in [9.17, 15) is 5.11 Å². The van der Waals surface area contributed by atoms with E-state index in [1.54, 1.807) is 13.2 Å². The molecule has 0 bridgehead atoms. The van der Waals surface area contributed by atoms with Gasteiger partial charge in [-0.2, -0.15) is 0 Å². The van der Waals surface area contributed by atoms with E-state index in [0.717, 1.165) is 71.6 Å². The van der Waals surface area contributed by atoms with Crippen LogP contribution in [0.5, 0.6) is 11.5 Å². The lowest BCUT2D eigenvalue weighted by Gasteiger charge is -2.25. The van der Waals surface area contributed by atoms with E-state index < -0.39 is 0 Å². The smallest absolute Gasteiger partial charge is 0.162 e. The first kappa shape index (κ1) is 27.0. The SMILES string of the molecule is CCCCN(Cc1cc(Br)cc(OC)c1O)Cc1c(-c2ccccc2)nc(-c2ccccc2)n1CCC. The molecule has 0 unspecified atom stereocenters. The zero-order valence-electron chi connectivity index (χ0n) is 22.0. The molecule has 1 heterocycles. The Morgan fingerprint density at radius 1 is 0.919 bits per heavy atom. The Morgan fingerprint density at radius 3 is 2.22 bits per heavy atom. The molecule has 0 amide bonds. The van der Waals surface area contributed by atoms with E-state index in [2.05, 4.69) is 87.8 Å². The van der Waals surface area contributed by atoms with E-state index >= 15 is 0 Å². The van der Waals surface area contributed by atoms with Gasteiger partial charge in [-0.25, -0.2) is 4.98 Å². The zero-order valence-corrected chi connectivity index (χ0v) is 23.5. The normalized spacial score (nSPS) is 11.3. The number of rotatable bonds is 12. The van der Waals surface area contributed by atoms with Gasteiger partial charge in [-0.05, 0) is 31.5 Å². The molecule has 0 fully saturated rings. The molecular weight excluding hydrogens is 526 g/mol. The number of methoxy groups -OCH3 is 1. The Hall–Kier alpha value is -3.09. The average Bonchev–Trinajstić information content (AvgIpc) is 3.28. The van der Waals surface area contributed by atoms with Crippen molar-refractivity contribution >= 4 is 15.9 Å². The Labute approximate surface area is 228 Å². The fourth-order valence-electron chi connectivity index (χ4n) is 4.70. The Kier molecular flexibility index (Phi) is 9.42. The summed E-state index contributed by atoms with van der Waals surface area (Å²) in [5, 5.41) is 10.9. The molecule has 0 aliphatic heterocycles. The second kappa shape index (κ2) is 12.9. The third kappa shape index (κ3) is 6.43. The minimum Gasteiger partial charge on any atom is -0.504 e. The lowest BCUT2D eigenvalue weighted by molar-refractivity contribution is 0.242. The highest BCUT2D eigenvalue weighted by Gasteiger charge is 2.22. The Bertz CT molecular complexity index is 1290. The molecule has 0 saturated carbocycles. The quantitative estimate of drug-likeness (QED) is 0.191. The van der Waals surface area contributed by atoms with Gasteiger partial charge in [0, 0.05) is 40.8 Å². The summed E-state index contributed by atoms with van der Waals surface area (Å²) in [6.45, 7) is 7.55. The van der Waals surface area contributed by atoms with Crippen molar-refractivity contribution in [1.82, 2.24) is 14.5 Å². The third-order valence-electron chi connectivity index (χ3n) is 6.53. The van der Waals surface area contributed by atoms with Crippen molar-refractivity contribution in [2.75, 3.05) is 13.7 Å². The summed E-state index contributed by atoms with van der Waals surface area (Å²) in [5.74, 6) is 1.67. The topological polar surface area (TPSA) is 50.5 Å². The number of nitrogens with zero attached hydrogens (tertiary/aromatic N) is 3. The Balaban J connectivity index is 1.81. The van der Waals surface area contributed by atoms with Gasteiger partial charge in [0.2, 0.25) is 0 Å². The monoisotopic (exact) mass is 561 g/mol. The molecule has 0 radical (unpaired) electrons. The predicted octanol–water partition coefficient (Wildman–Crippen LogP) is 7.91. The number of halogens is 1. The number of aromatic nitrogens is 2. The number of benzene rings is 3. The number of phenols is 1. The van der Waals surface area contributed by atoms with Crippen LogP contribution in [0, 0.1) is 0 Å². The fraction of sp³-hybridized carbons (Fsp3) is 0.323. The largest absolute Gasteiger partial charge is 0.504 e. The van der Waals surface area contributed by atoms with Crippen LogP contribution in [0.15, 0.2) is 77.3 Å². The molecule has 3 aromatic carbocycles. The van der Waals surface area contributed by atoms with E-state index in [1.165, 1.54) is 5.69 Å². The van der Waals surface area contributed by atoms with Crippen LogP contribution in [0.2, 0.25) is 0 Å². The van der Waals surface area contributed by atoms with Crippen LogP contribution < -0.4 is 4.74 Å². The molecule has 1 N–H and O–H groups in total. The molecular formula is C31H36BrN3O2. The number of aromatic hydroxyl groups is 1. The highest BCUT2D eigenvalue weighted by atomic mass is 79.9. The van der Waals surface area contributed by atoms with Crippen LogP contribution in [0.4, 0.5) is 0 Å². The molecule has 0 spiro atoms. The summed E-state index contributed by atoms with van der Waals surface area (Å²) in [7, 11) is 1.58. The van der Waals surface area contributed by atoms with Gasteiger partial charge in [0.05, 0.1) is 18.5 Å². The highest BCUT2D eigenvalue weighted by Crippen LogP contribution is 2.36. The summed E-state index contributed by atoms with van der Waals surface area (Å²) < 4.78 is 8.69. The molecule has 4 aromatic rings. The van der Waals surface area contributed by atoms with Gasteiger partial charge in [-0.15, -0.1) is 0 Å². The van der Waals surface area contributed by atoms with Crippen LogP contribution in [-0.2, 0) is 19.6 Å². The predicted molar refractivity (Wildman–Crippen MR) is 155 cm³/mol. The number of hydrogen-bond acceptors (Lipinski definition) is 4. The van der Waals surface area contributed by atoms with Gasteiger partial charge in [-0.1, -0.05) is 96.9 Å². The van der Waals surface area contributed by atoms with Crippen molar-refractivity contribution in [2.45, 2.75) is 52.7 Å². The van der Waals surface area contributed by atoms with Crippen LogP contribution in [0.25, 0.3) is 22.6 Å². The summed E-state index contributed by atoms with van der Waals surface area (Å²) in [6, 6.07) is 24.7. The van der Waals surface area contributed by atoms with Crippen LogP contribution in [-0.4, -0.2) is 33.2 Å². The molecule has 0 aliphatic rings. The number of hydrogen-bond donors (Lipinski definition) is 1. The standard InChI is InChI=1S/C31H36BrN3O2/c1-4-6-18-34(21-25-19-26(32)20-28(37-3)30(25)36)22-27-29(23-13-9-7-10-14-23)33-31(35(27)17-5-2)24-15-11-8-12-16-24/h7-16,19-20,36H,4-6,17-18,21-22H2,1-3H3. The van der Waals surface area contributed by atoms with Gasteiger partial charge in [0.25, 0.3) is 0 Å². The Morgan fingerprint density at radius 2 is 1.59 bits per heavy atom. The van der Waals surface area contributed by atoms with Gasteiger partial charge >= 0.3 is 0 Å². The van der Waals surface area contributed by atoms with Gasteiger partial charge in [0.1, 0.15) is 5.82 Å². The van der Waals surface area contributed by atoms with E-state index in [1.807, 2.05) is 18.2 Å². The van der Waals surface area contributed by atoms with Gasteiger partial charge < -0.3 is 14.4 Å². The summed E-state index contributed by atoms with van der Waals surface area (Å²) in [5.41, 5.74) is 5.30. The van der Waals surface area contributed by atoms with Crippen molar-refractivity contribution < 1.29 is 9.84 Å². The number of unbranched alkanes of at least 4 members (excludes halogenated alkanes) is 1. The average molecular weight is 563 g/mol. The zero-order chi connectivity index (χ0) is 26.2. The molecule has 194 valence electrons. The van der Waals surface area contributed by atoms with Gasteiger partial charge in [0.15, 0.2) is 11.5 Å². The van der Waals surface area contributed by atoms with Crippen molar-refractivity contribution in [3.05, 3.63) is 88.5 Å². The van der Waals surface area contributed by atoms with E-state index in [0.29, 0.717) is 12.3 Å². The number of ether oxygens (including phenoxy) is 1. The maximum atomic E-state index is 10.9. The molecule has 0 aliphatic carbocycles. The number of phenolic OH excluding ortho intramolecular Hbond substituents is 1. The van der Waals surface area contributed by atoms with Crippen LogP contribution in [0.1, 0.15) is 44.4 Å². The summed E-state index contributed by atoms with van der Waals surface area (Å²) in [6.07, 6.45) is 3.18. The first-order valence-corrected chi connectivity index (χ1v) is 13.8. The minimum atomic E-state index is 0.197.